The third kappa shape index (κ3) is 5.85. The van der Waals surface area contributed by atoms with Gasteiger partial charge in [0.05, 0.1) is 30.7 Å². The fraction of sp³-hybridized carbons (Fsp3) is 0.474. The summed E-state index contributed by atoms with van der Waals surface area (Å²) in [6.07, 6.45) is 6.41. The van der Waals surface area contributed by atoms with Crippen LogP contribution in [0.4, 0.5) is 0 Å². The lowest BCUT2D eigenvalue weighted by Crippen LogP contribution is -2.59. The average molecular weight is 656 g/mol. The number of hydrogen-bond donors (Lipinski definition) is 1. The van der Waals surface area contributed by atoms with Crippen LogP contribution in [0.25, 0.3) is 0 Å². The lowest BCUT2D eigenvalue weighted by atomic mass is 9.74. The van der Waals surface area contributed by atoms with E-state index in [1.165, 1.54) is 4.90 Å². The molecule has 2 fully saturated rings. The standard InChI is InChI=1S/C38H45N3O7/c1-24(2)28(23-42)41-34-36(45)40(22-26-14-8-5-9-15-26)21-13-7-12-18-30(43)39(4)25(3)33(27-16-10-6-11-17-27)47-37(46)31-29-19-20-38(34,48-29)32(31)35(41)44/h5-11,13-17,19-20,24-25,28-29,31-34,42H,12,18,21-23H2,1-4H3/b13-7-/t25-,28-,29+,31-,32-,33+,34+,38-/m0/s1. The van der Waals surface area contributed by atoms with Gasteiger partial charge in [-0.1, -0.05) is 98.8 Å². The molecule has 1 N–H and O–H groups in total. The van der Waals surface area contributed by atoms with Gasteiger partial charge >= 0.3 is 5.97 Å². The van der Waals surface area contributed by atoms with Crippen molar-refractivity contribution >= 4 is 23.7 Å². The van der Waals surface area contributed by atoms with E-state index in [9.17, 15) is 24.3 Å². The third-order valence-electron chi connectivity index (χ3n) is 10.5. The van der Waals surface area contributed by atoms with Gasteiger partial charge in [-0.3, -0.25) is 19.2 Å². The number of fused-ring (bicyclic) bond motifs is 2. The Hall–Kier alpha value is -4.28. The summed E-state index contributed by atoms with van der Waals surface area (Å²) in [6, 6.07) is 16.5. The molecular weight excluding hydrogens is 610 g/mol. The second-order valence-electron chi connectivity index (χ2n) is 13.7. The number of aliphatic hydroxyl groups is 1. The molecular formula is C38H45N3O7. The van der Waals surface area contributed by atoms with E-state index in [0.29, 0.717) is 12.0 Å². The van der Waals surface area contributed by atoms with Gasteiger partial charge in [0.25, 0.3) is 0 Å². The number of amides is 3. The first-order valence-corrected chi connectivity index (χ1v) is 16.9. The normalized spacial score (nSPS) is 32.2. The van der Waals surface area contributed by atoms with Crippen molar-refractivity contribution in [1.29, 1.82) is 0 Å². The van der Waals surface area contributed by atoms with Crippen molar-refractivity contribution in [3.63, 3.8) is 0 Å². The highest BCUT2D eigenvalue weighted by Gasteiger charge is 2.74. The van der Waals surface area contributed by atoms with E-state index in [-0.39, 0.29) is 43.8 Å². The molecule has 0 unspecified atom stereocenters. The molecule has 5 bridgehead atoms. The highest BCUT2D eigenvalue weighted by molar-refractivity contribution is 5.99. The van der Waals surface area contributed by atoms with Gasteiger partial charge in [-0.15, -0.1) is 0 Å². The van der Waals surface area contributed by atoms with Gasteiger partial charge in [-0.2, -0.15) is 0 Å². The van der Waals surface area contributed by atoms with E-state index in [1.54, 1.807) is 29.0 Å². The number of likely N-dealkylation sites (N-methyl/N-ethyl adjacent to an activating group) is 1. The van der Waals surface area contributed by atoms with E-state index in [2.05, 4.69) is 0 Å². The topological polar surface area (TPSA) is 117 Å². The highest BCUT2D eigenvalue weighted by atomic mass is 16.6. The second kappa shape index (κ2) is 13.7. The van der Waals surface area contributed by atoms with Gasteiger partial charge in [-0.25, -0.2) is 0 Å². The number of likely N-dealkylation sites (tertiary alicyclic amines) is 1. The molecule has 10 nitrogen and oxygen atoms in total. The summed E-state index contributed by atoms with van der Waals surface area (Å²) in [5, 5.41) is 10.6. The summed E-state index contributed by atoms with van der Waals surface area (Å²) < 4.78 is 12.9. The fourth-order valence-electron chi connectivity index (χ4n) is 7.77. The molecule has 4 aliphatic heterocycles. The summed E-state index contributed by atoms with van der Waals surface area (Å²) in [5.74, 6) is -3.73. The van der Waals surface area contributed by atoms with E-state index in [4.69, 9.17) is 9.47 Å². The van der Waals surface area contributed by atoms with Crippen molar-refractivity contribution < 1.29 is 33.8 Å². The van der Waals surface area contributed by atoms with Crippen LogP contribution < -0.4 is 0 Å². The molecule has 10 heteroatoms. The number of carbonyl (C=O) groups excluding carboxylic acids is 4. The Labute approximate surface area is 282 Å². The Morgan fingerprint density at radius 1 is 0.958 bits per heavy atom. The summed E-state index contributed by atoms with van der Waals surface area (Å²) in [5.41, 5.74) is 0.205. The van der Waals surface area contributed by atoms with Crippen LogP contribution in [-0.2, 0) is 35.2 Å². The second-order valence-corrected chi connectivity index (χ2v) is 13.7. The molecule has 254 valence electrons. The zero-order chi connectivity index (χ0) is 34.2. The third-order valence-corrected chi connectivity index (χ3v) is 10.5. The molecule has 48 heavy (non-hydrogen) atoms. The smallest absolute Gasteiger partial charge is 0.313 e. The molecule has 0 radical (unpaired) electrons. The molecule has 6 rings (SSSR count). The van der Waals surface area contributed by atoms with Crippen molar-refractivity contribution in [2.75, 3.05) is 20.2 Å². The number of benzene rings is 2. The van der Waals surface area contributed by atoms with Crippen LogP contribution in [0.3, 0.4) is 0 Å². The van der Waals surface area contributed by atoms with Crippen LogP contribution in [0.15, 0.2) is 85.0 Å². The molecule has 2 aromatic rings. The Morgan fingerprint density at radius 2 is 1.65 bits per heavy atom. The Kier molecular flexibility index (Phi) is 9.58. The van der Waals surface area contributed by atoms with Gasteiger partial charge < -0.3 is 29.3 Å². The summed E-state index contributed by atoms with van der Waals surface area (Å²) >= 11 is 0. The maximum atomic E-state index is 14.9. The van der Waals surface area contributed by atoms with E-state index in [0.717, 1.165) is 5.56 Å². The Balaban J connectivity index is 1.46. The largest absolute Gasteiger partial charge is 0.455 e. The molecule has 2 aromatic carbocycles. The predicted octanol–water partition coefficient (Wildman–Crippen LogP) is 3.66. The quantitative estimate of drug-likeness (QED) is 0.373. The molecule has 8 atom stereocenters. The van der Waals surface area contributed by atoms with E-state index < -0.39 is 59.6 Å². The molecule has 0 saturated carbocycles. The monoisotopic (exact) mass is 655 g/mol. The van der Waals surface area contributed by atoms with Crippen LogP contribution in [0.2, 0.25) is 0 Å². The number of rotatable bonds is 6. The van der Waals surface area contributed by atoms with Crippen molar-refractivity contribution in [1.82, 2.24) is 14.7 Å². The zero-order valence-electron chi connectivity index (χ0n) is 28.0. The van der Waals surface area contributed by atoms with Crippen LogP contribution in [-0.4, -0.2) is 93.5 Å². The number of ether oxygens (including phenoxy) is 2. The molecule has 3 amide bonds. The minimum Gasteiger partial charge on any atom is -0.455 e. The lowest BCUT2D eigenvalue weighted by Gasteiger charge is -2.40. The van der Waals surface area contributed by atoms with Crippen LogP contribution in [0.5, 0.6) is 0 Å². The molecule has 4 aliphatic rings. The van der Waals surface area contributed by atoms with Crippen molar-refractivity contribution in [2.24, 2.45) is 17.8 Å². The van der Waals surface area contributed by atoms with Crippen LogP contribution >= 0.6 is 0 Å². The van der Waals surface area contributed by atoms with E-state index in [1.807, 2.05) is 93.6 Å². The number of hydrogen-bond acceptors (Lipinski definition) is 7. The highest BCUT2D eigenvalue weighted by Crippen LogP contribution is 2.56. The number of carbonyl (C=O) groups is 4. The van der Waals surface area contributed by atoms with E-state index >= 15 is 0 Å². The molecule has 0 aromatic heterocycles. The number of allylic oxidation sites excluding steroid dienone is 1. The van der Waals surface area contributed by atoms with Gasteiger partial charge in [0, 0.05) is 26.6 Å². The predicted molar refractivity (Wildman–Crippen MR) is 178 cm³/mol. The first kappa shape index (κ1) is 33.6. The van der Waals surface area contributed by atoms with Gasteiger partial charge in [0.2, 0.25) is 17.7 Å². The Bertz CT molecular complexity index is 1580. The number of nitrogens with zero attached hydrogens (tertiary/aromatic N) is 3. The van der Waals surface area contributed by atoms with Gasteiger partial charge in [0.1, 0.15) is 23.7 Å². The maximum absolute atomic E-state index is 14.9. The minimum atomic E-state index is -1.42. The van der Waals surface area contributed by atoms with Crippen molar-refractivity contribution in [3.05, 3.63) is 96.1 Å². The average Bonchev–Trinajstić information content (AvgIpc) is 3.73. The Morgan fingerprint density at radius 3 is 2.31 bits per heavy atom. The lowest BCUT2D eigenvalue weighted by molar-refractivity contribution is -0.164. The minimum absolute atomic E-state index is 0.107. The molecule has 2 saturated heterocycles. The molecule has 4 heterocycles. The molecule has 1 spiro atoms. The fourth-order valence-corrected chi connectivity index (χ4v) is 7.77. The zero-order valence-corrected chi connectivity index (χ0v) is 28.0. The first-order valence-electron chi connectivity index (χ1n) is 16.9. The van der Waals surface area contributed by atoms with Crippen LogP contribution in [0, 0.1) is 17.8 Å². The molecule has 0 aliphatic carbocycles. The van der Waals surface area contributed by atoms with Crippen LogP contribution in [0.1, 0.15) is 50.8 Å². The van der Waals surface area contributed by atoms with Crippen molar-refractivity contribution in [3.8, 4) is 0 Å². The van der Waals surface area contributed by atoms with Gasteiger partial charge in [0.15, 0.2) is 0 Å². The SMILES string of the molecule is CC(C)[C@H](CO)N1C(=O)[C@@H]2[C@H]3C(=O)O[C@@H](c4ccccc4)[C@H](C)N(C)C(=O)CC/C=C\CN(Cc4ccccc4)C(=O)[C@@H]1[C@]21C=C[C@H]3O1. The number of aliphatic hydroxyl groups excluding tert-OH is 1. The maximum Gasteiger partial charge on any atom is 0.313 e. The summed E-state index contributed by atoms with van der Waals surface area (Å²) in [6.45, 7) is 5.78. The number of cyclic esters (lactones) is 1. The van der Waals surface area contributed by atoms with Gasteiger partial charge in [-0.05, 0) is 30.4 Å². The number of esters is 1. The van der Waals surface area contributed by atoms with Crippen molar-refractivity contribution in [2.45, 2.75) is 76.1 Å². The summed E-state index contributed by atoms with van der Waals surface area (Å²) in [4.78, 5) is 62.0. The first-order chi connectivity index (χ1) is 23.1. The summed E-state index contributed by atoms with van der Waals surface area (Å²) in [7, 11) is 1.71.